The molecule has 1 fully saturated rings. The minimum atomic E-state index is -4.50. The number of ether oxygens (including phenoxy) is 1. The Labute approximate surface area is 237 Å². The quantitative estimate of drug-likeness (QED) is 0.335. The maximum atomic E-state index is 13.0. The highest BCUT2D eigenvalue weighted by Crippen LogP contribution is 2.36. The molecular formula is C30H32ClF3N4O2. The molecule has 1 N–H and O–H groups in total. The van der Waals surface area contributed by atoms with Gasteiger partial charge in [-0.2, -0.15) is 18.4 Å². The van der Waals surface area contributed by atoms with Gasteiger partial charge in [0.25, 0.3) is 0 Å². The van der Waals surface area contributed by atoms with Gasteiger partial charge < -0.3 is 14.7 Å². The zero-order chi connectivity index (χ0) is 29.1. The molecule has 2 heterocycles. The molecule has 2 atom stereocenters. The third kappa shape index (κ3) is 7.05. The Morgan fingerprint density at radius 2 is 1.85 bits per heavy atom. The van der Waals surface area contributed by atoms with Gasteiger partial charge in [-0.25, -0.2) is 0 Å². The fourth-order valence-electron chi connectivity index (χ4n) is 4.85. The summed E-state index contributed by atoms with van der Waals surface area (Å²) in [6, 6.07) is 17.3. The van der Waals surface area contributed by atoms with Crippen LogP contribution in [0.2, 0.25) is 5.02 Å². The number of hydrogen-bond acceptors (Lipinski definition) is 6. The molecule has 212 valence electrons. The number of alkyl halides is 3. The van der Waals surface area contributed by atoms with Crippen molar-refractivity contribution in [2.75, 3.05) is 37.7 Å². The summed E-state index contributed by atoms with van der Waals surface area (Å²) in [5.41, 5.74) is 0.0617. The Morgan fingerprint density at radius 3 is 2.45 bits per heavy atom. The molecule has 3 aromatic rings. The summed E-state index contributed by atoms with van der Waals surface area (Å²) in [6.45, 7) is 7.97. The maximum Gasteiger partial charge on any atom is 0.417 e. The van der Waals surface area contributed by atoms with Crippen LogP contribution in [0.15, 0.2) is 60.8 Å². The number of β-amino-alcohol motifs (C(OH)–C–C–N with tert-alkyl or cyclic N) is 1. The zero-order valence-electron chi connectivity index (χ0n) is 22.6. The van der Waals surface area contributed by atoms with Crippen LogP contribution in [0.1, 0.15) is 49.2 Å². The van der Waals surface area contributed by atoms with Crippen LogP contribution in [0, 0.1) is 17.2 Å². The van der Waals surface area contributed by atoms with Crippen LogP contribution in [0.4, 0.5) is 18.9 Å². The summed E-state index contributed by atoms with van der Waals surface area (Å²) in [7, 11) is 0. The van der Waals surface area contributed by atoms with Crippen molar-refractivity contribution in [1.82, 2.24) is 9.88 Å². The van der Waals surface area contributed by atoms with E-state index in [0.717, 1.165) is 23.5 Å². The molecule has 1 aromatic heterocycles. The fourth-order valence-corrected chi connectivity index (χ4v) is 4.97. The van der Waals surface area contributed by atoms with E-state index in [4.69, 9.17) is 16.3 Å². The highest BCUT2D eigenvalue weighted by molar-refractivity contribution is 6.30. The van der Waals surface area contributed by atoms with Gasteiger partial charge in [0.05, 0.1) is 35.2 Å². The minimum Gasteiger partial charge on any atom is -0.493 e. The summed E-state index contributed by atoms with van der Waals surface area (Å²) in [6.07, 6.45) is -3.75. The Balaban J connectivity index is 1.59. The van der Waals surface area contributed by atoms with Crippen molar-refractivity contribution in [2.45, 2.75) is 38.6 Å². The molecule has 1 aliphatic heterocycles. The normalized spacial score (nSPS) is 17.9. The lowest BCUT2D eigenvalue weighted by Gasteiger charge is -2.45. The topological polar surface area (TPSA) is 72.6 Å². The number of halogens is 4. The van der Waals surface area contributed by atoms with Crippen LogP contribution in [-0.2, 0) is 11.8 Å². The number of nitrogens with zero attached hydrogens (tertiary/aromatic N) is 4. The second-order valence-corrected chi connectivity index (χ2v) is 11.1. The van der Waals surface area contributed by atoms with Gasteiger partial charge in [-0.3, -0.25) is 9.88 Å². The highest BCUT2D eigenvalue weighted by Gasteiger charge is 2.36. The molecule has 1 saturated heterocycles. The summed E-state index contributed by atoms with van der Waals surface area (Å²) in [5.74, 6) is 0.985. The first-order chi connectivity index (χ1) is 18.9. The molecule has 1 aliphatic rings. The predicted octanol–water partition coefficient (Wildman–Crippen LogP) is 6.43. The van der Waals surface area contributed by atoms with Crippen molar-refractivity contribution >= 4 is 17.3 Å². The summed E-state index contributed by atoms with van der Waals surface area (Å²) < 4.78 is 44.8. The number of hydrogen-bond donors (Lipinski definition) is 1. The summed E-state index contributed by atoms with van der Waals surface area (Å²) in [4.78, 5) is 8.14. The molecule has 10 heteroatoms. The molecular weight excluding hydrogens is 541 g/mol. The molecule has 0 bridgehead atoms. The summed E-state index contributed by atoms with van der Waals surface area (Å²) in [5, 5.41) is 21.8. The van der Waals surface area contributed by atoms with Crippen molar-refractivity contribution in [3.8, 4) is 11.8 Å². The Kier molecular flexibility index (Phi) is 8.93. The number of piperazine rings is 1. The second kappa shape index (κ2) is 12.0. The Bertz CT molecular complexity index is 1340. The fraction of sp³-hybridized carbons (Fsp3) is 0.400. The molecule has 0 aliphatic carbocycles. The lowest BCUT2D eigenvalue weighted by molar-refractivity contribution is -0.137. The van der Waals surface area contributed by atoms with Gasteiger partial charge in [0, 0.05) is 37.4 Å². The molecule has 4 rings (SSSR count). The predicted molar refractivity (Wildman–Crippen MR) is 148 cm³/mol. The standard InChI is InChI=1S/C30H32ClF3N4O2/c1-20(2)18-40-25-9-10-26(22(14-25)15-35)38-13-12-37(17-27(38)21-4-7-24(31)8-5-21)19-29(3,39)28-11-6-23(16-36-28)30(32,33)34/h4-11,14,16,20,27,39H,12-13,17-19H2,1-3H3/t27-,29+/m0/s1. The number of rotatable bonds is 8. The van der Waals surface area contributed by atoms with E-state index in [1.54, 1.807) is 13.0 Å². The monoisotopic (exact) mass is 572 g/mol. The maximum absolute atomic E-state index is 13.0. The first-order valence-corrected chi connectivity index (χ1v) is 13.4. The van der Waals surface area contributed by atoms with Gasteiger partial charge in [-0.1, -0.05) is 37.6 Å². The Hall–Kier alpha value is -3.32. The first-order valence-electron chi connectivity index (χ1n) is 13.0. The number of nitriles is 1. The van der Waals surface area contributed by atoms with E-state index in [1.165, 1.54) is 6.07 Å². The van der Waals surface area contributed by atoms with Crippen molar-refractivity contribution in [3.63, 3.8) is 0 Å². The van der Waals surface area contributed by atoms with E-state index in [-0.39, 0.29) is 18.3 Å². The van der Waals surface area contributed by atoms with Crippen molar-refractivity contribution in [1.29, 1.82) is 5.26 Å². The SMILES string of the molecule is CC(C)COc1ccc(N2CCN(C[C@@](C)(O)c3ccc(C(F)(F)F)cn3)C[C@H]2c2ccc(Cl)cc2)c(C#N)c1. The smallest absolute Gasteiger partial charge is 0.417 e. The third-order valence-corrected chi connectivity index (χ3v) is 7.13. The molecule has 0 radical (unpaired) electrons. The van der Waals surface area contributed by atoms with Crippen molar-refractivity contribution in [3.05, 3.63) is 88.2 Å². The number of aliphatic hydroxyl groups is 1. The van der Waals surface area contributed by atoms with Crippen LogP contribution in [0.5, 0.6) is 5.75 Å². The highest BCUT2D eigenvalue weighted by atomic mass is 35.5. The molecule has 0 unspecified atom stereocenters. The van der Waals surface area contributed by atoms with Gasteiger partial charge in [0.1, 0.15) is 17.4 Å². The third-order valence-electron chi connectivity index (χ3n) is 6.87. The van der Waals surface area contributed by atoms with E-state index in [9.17, 15) is 23.5 Å². The number of pyridine rings is 1. The van der Waals surface area contributed by atoms with Gasteiger partial charge in [-0.15, -0.1) is 0 Å². The van der Waals surface area contributed by atoms with E-state index >= 15 is 0 Å². The van der Waals surface area contributed by atoms with E-state index < -0.39 is 17.3 Å². The van der Waals surface area contributed by atoms with Crippen LogP contribution in [0.25, 0.3) is 0 Å². The van der Waals surface area contributed by atoms with E-state index in [1.807, 2.05) is 36.4 Å². The first kappa shape index (κ1) is 29.7. The van der Waals surface area contributed by atoms with Gasteiger partial charge >= 0.3 is 6.18 Å². The van der Waals surface area contributed by atoms with Crippen LogP contribution in [0.3, 0.4) is 0 Å². The molecule has 0 spiro atoms. The van der Waals surface area contributed by atoms with Gasteiger partial charge in [0.2, 0.25) is 0 Å². The molecule has 0 amide bonds. The van der Waals surface area contributed by atoms with Crippen LogP contribution in [-0.4, -0.2) is 47.8 Å². The van der Waals surface area contributed by atoms with E-state index in [2.05, 4.69) is 34.7 Å². The van der Waals surface area contributed by atoms with Crippen LogP contribution >= 0.6 is 11.6 Å². The minimum absolute atomic E-state index is 0.162. The number of anilines is 1. The number of benzene rings is 2. The van der Waals surface area contributed by atoms with Gasteiger partial charge in [-0.05, 0) is 60.9 Å². The summed E-state index contributed by atoms with van der Waals surface area (Å²) >= 11 is 6.15. The molecule has 6 nitrogen and oxygen atoms in total. The molecule has 40 heavy (non-hydrogen) atoms. The van der Waals surface area contributed by atoms with E-state index in [0.29, 0.717) is 48.5 Å². The molecule has 0 saturated carbocycles. The van der Waals surface area contributed by atoms with Crippen molar-refractivity contribution in [2.24, 2.45) is 5.92 Å². The largest absolute Gasteiger partial charge is 0.493 e. The zero-order valence-corrected chi connectivity index (χ0v) is 23.4. The van der Waals surface area contributed by atoms with Crippen molar-refractivity contribution < 1.29 is 23.0 Å². The Morgan fingerprint density at radius 1 is 1.12 bits per heavy atom. The lowest BCUT2D eigenvalue weighted by Crippen LogP contribution is -2.52. The lowest BCUT2D eigenvalue weighted by atomic mass is 9.96. The van der Waals surface area contributed by atoms with Crippen LogP contribution < -0.4 is 9.64 Å². The number of aromatic nitrogens is 1. The second-order valence-electron chi connectivity index (χ2n) is 10.7. The average molecular weight is 573 g/mol. The van der Waals surface area contributed by atoms with Gasteiger partial charge in [0.15, 0.2) is 0 Å². The molecule has 2 aromatic carbocycles. The average Bonchev–Trinajstić information content (AvgIpc) is 2.91.